The van der Waals surface area contributed by atoms with Gasteiger partial charge in [-0.2, -0.15) is 0 Å². The first-order valence-electron chi connectivity index (χ1n) is 9.27. The lowest BCUT2D eigenvalue weighted by molar-refractivity contribution is 0.0956. The SMILES string of the molecule is Cc1ccc(S(=O)(=O)NCc2ccccc2)cc1C(=O)NCC1=CCNCC1. The Morgan fingerprint density at radius 3 is 2.61 bits per heavy atom. The third-order valence-electron chi connectivity index (χ3n) is 4.71. The summed E-state index contributed by atoms with van der Waals surface area (Å²) < 4.78 is 27.9. The van der Waals surface area contributed by atoms with Crippen molar-refractivity contribution in [2.45, 2.75) is 24.8 Å². The summed E-state index contributed by atoms with van der Waals surface area (Å²) in [6, 6.07) is 13.9. The highest BCUT2D eigenvalue weighted by Gasteiger charge is 2.18. The highest BCUT2D eigenvalue weighted by atomic mass is 32.2. The van der Waals surface area contributed by atoms with Gasteiger partial charge in [-0.1, -0.05) is 48.0 Å². The molecule has 1 aliphatic rings. The molecule has 6 nitrogen and oxygen atoms in total. The molecule has 0 aliphatic carbocycles. The molecule has 1 heterocycles. The van der Waals surface area contributed by atoms with Gasteiger partial charge in [-0.15, -0.1) is 0 Å². The van der Waals surface area contributed by atoms with Crippen LogP contribution in [0.5, 0.6) is 0 Å². The molecule has 7 heteroatoms. The smallest absolute Gasteiger partial charge is 0.251 e. The molecule has 148 valence electrons. The van der Waals surface area contributed by atoms with E-state index in [0.717, 1.165) is 30.6 Å². The number of carbonyl (C=O) groups excluding carboxylic acids is 1. The summed E-state index contributed by atoms with van der Waals surface area (Å²) in [5.41, 5.74) is 3.15. The Kier molecular flexibility index (Phi) is 6.61. The van der Waals surface area contributed by atoms with Gasteiger partial charge in [0, 0.05) is 25.2 Å². The van der Waals surface area contributed by atoms with Crippen LogP contribution in [0.2, 0.25) is 0 Å². The van der Waals surface area contributed by atoms with E-state index in [-0.39, 0.29) is 17.3 Å². The van der Waals surface area contributed by atoms with Crippen molar-refractivity contribution in [1.29, 1.82) is 0 Å². The van der Waals surface area contributed by atoms with Crippen molar-refractivity contribution >= 4 is 15.9 Å². The highest BCUT2D eigenvalue weighted by Crippen LogP contribution is 2.16. The standard InChI is InChI=1S/C21H25N3O3S/c1-16-7-8-19(28(26,27)24-15-17-5-3-2-4-6-17)13-20(16)21(25)23-14-18-9-11-22-12-10-18/h2-9,13,22,24H,10-12,14-15H2,1H3,(H,23,25). The van der Waals surface area contributed by atoms with Crippen LogP contribution in [0.3, 0.4) is 0 Å². The Labute approximate surface area is 166 Å². The largest absolute Gasteiger partial charge is 0.348 e. The normalized spacial score (nSPS) is 14.4. The minimum absolute atomic E-state index is 0.0836. The topological polar surface area (TPSA) is 87.3 Å². The van der Waals surface area contributed by atoms with Gasteiger partial charge in [0.15, 0.2) is 0 Å². The molecule has 2 aromatic carbocycles. The van der Waals surface area contributed by atoms with Crippen molar-refractivity contribution < 1.29 is 13.2 Å². The zero-order valence-electron chi connectivity index (χ0n) is 15.9. The fourth-order valence-electron chi connectivity index (χ4n) is 2.99. The number of hydrogen-bond donors (Lipinski definition) is 3. The molecule has 0 unspecified atom stereocenters. The summed E-state index contributed by atoms with van der Waals surface area (Å²) >= 11 is 0. The second-order valence-corrected chi connectivity index (χ2v) is 8.55. The van der Waals surface area contributed by atoms with Gasteiger partial charge in [0.1, 0.15) is 0 Å². The first-order chi connectivity index (χ1) is 13.5. The van der Waals surface area contributed by atoms with Crippen LogP contribution in [0.4, 0.5) is 0 Å². The fraction of sp³-hybridized carbons (Fsp3) is 0.286. The van der Waals surface area contributed by atoms with Crippen molar-refractivity contribution in [2.75, 3.05) is 19.6 Å². The van der Waals surface area contributed by atoms with Crippen LogP contribution in [0.1, 0.15) is 27.9 Å². The lowest BCUT2D eigenvalue weighted by Gasteiger charge is -2.15. The molecular weight excluding hydrogens is 374 g/mol. The molecule has 0 aromatic heterocycles. The molecule has 0 atom stereocenters. The van der Waals surface area contributed by atoms with Crippen molar-refractivity contribution in [2.24, 2.45) is 0 Å². The van der Waals surface area contributed by atoms with Gasteiger partial charge in [-0.3, -0.25) is 4.79 Å². The monoisotopic (exact) mass is 399 g/mol. The van der Waals surface area contributed by atoms with Gasteiger partial charge < -0.3 is 10.6 Å². The van der Waals surface area contributed by atoms with Crippen LogP contribution < -0.4 is 15.4 Å². The third kappa shape index (κ3) is 5.28. The van der Waals surface area contributed by atoms with Gasteiger partial charge in [0.2, 0.25) is 10.0 Å². The Morgan fingerprint density at radius 1 is 1.11 bits per heavy atom. The molecule has 0 saturated carbocycles. The average molecular weight is 400 g/mol. The molecular formula is C21H25N3O3S. The quantitative estimate of drug-likeness (QED) is 0.623. The maximum atomic E-state index is 12.6. The van der Waals surface area contributed by atoms with E-state index in [1.54, 1.807) is 13.0 Å². The summed E-state index contributed by atoms with van der Waals surface area (Å²) in [5.74, 6) is -0.267. The highest BCUT2D eigenvalue weighted by molar-refractivity contribution is 7.89. The Bertz CT molecular complexity index is 970. The van der Waals surface area contributed by atoms with E-state index in [1.165, 1.54) is 17.7 Å². The number of aryl methyl sites for hydroxylation is 1. The van der Waals surface area contributed by atoms with Gasteiger partial charge >= 0.3 is 0 Å². The van der Waals surface area contributed by atoms with Crippen molar-refractivity contribution in [1.82, 2.24) is 15.4 Å². The van der Waals surface area contributed by atoms with E-state index >= 15 is 0 Å². The maximum Gasteiger partial charge on any atom is 0.251 e. The first kappa shape index (κ1) is 20.3. The van der Waals surface area contributed by atoms with E-state index < -0.39 is 10.0 Å². The molecule has 0 bridgehead atoms. The molecule has 0 spiro atoms. The van der Waals surface area contributed by atoms with Crippen LogP contribution in [0, 0.1) is 6.92 Å². The van der Waals surface area contributed by atoms with Crippen LogP contribution in [0.25, 0.3) is 0 Å². The summed E-state index contributed by atoms with van der Waals surface area (Å²) in [4.78, 5) is 12.7. The molecule has 0 fully saturated rings. The van der Waals surface area contributed by atoms with Crippen molar-refractivity contribution in [3.8, 4) is 0 Å². The third-order valence-corrected chi connectivity index (χ3v) is 6.11. The molecule has 28 heavy (non-hydrogen) atoms. The molecule has 2 aromatic rings. The molecule has 0 saturated heterocycles. The molecule has 0 radical (unpaired) electrons. The number of rotatable bonds is 7. The second kappa shape index (κ2) is 9.14. The number of sulfonamides is 1. The fourth-order valence-corrected chi connectivity index (χ4v) is 4.03. The van der Waals surface area contributed by atoms with Crippen LogP contribution >= 0.6 is 0 Å². The molecule has 1 amide bonds. The van der Waals surface area contributed by atoms with E-state index in [0.29, 0.717) is 12.1 Å². The number of hydrogen-bond acceptors (Lipinski definition) is 4. The zero-order chi connectivity index (χ0) is 20.0. The van der Waals surface area contributed by atoms with Gasteiger partial charge in [-0.25, -0.2) is 13.1 Å². The van der Waals surface area contributed by atoms with Crippen LogP contribution in [-0.4, -0.2) is 34.0 Å². The van der Waals surface area contributed by atoms with Crippen molar-refractivity contribution in [3.63, 3.8) is 0 Å². The van der Waals surface area contributed by atoms with Gasteiger partial charge in [0.05, 0.1) is 4.90 Å². The van der Waals surface area contributed by atoms with Crippen LogP contribution in [-0.2, 0) is 16.6 Å². The molecule has 3 rings (SSSR count). The summed E-state index contributed by atoms with van der Waals surface area (Å²) in [6.45, 7) is 4.18. The Hall–Kier alpha value is -2.48. The average Bonchev–Trinajstić information content (AvgIpc) is 2.72. The predicted molar refractivity (Wildman–Crippen MR) is 110 cm³/mol. The van der Waals surface area contributed by atoms with E-state index in [2.05, 4.69) is 21.4 Å². The van der Waals surface area contributed by atoms with Gasteiger partial charge in [-0.05, 0) is 43.1 Å². The predicted octanol–water partition coefficient (Wildman–Crippen LogP) is 2.12. The van der Waals surface area contributed by atoms with E-state index in [1.807, 2.05) is 30.3 Å². The van der Waals surface area contributed by atoms with Crippen LogP contribution in [0.15, 0.2) is 65.1 Å². The number of amides is 1. The molecule has 1 aliphatic heterocycles. The number of carbonyl (C=O) groups is 1. The Balaban J connectivity index is 1.70. The first-order valence-corrected chi connectivity index (χ1v) is 10.7. The molecule has 3 N–H and O–H groups in total. The lowest BCUT2D eigenvalue weighted by Crippen LogP contribution is -2.30. The summed E-state index contributed by atoms with van der Waals surface area (Å²) in [6.07, 6.45) is 2.97. The number of nitrogens with one attached hydrogen (secondary N) is 3. The lowest BCUT2D eigenvalue weighted by atomic mass is 10.1. The van der Waals surface area contributed by atoms with E-state index in [9.17, 15) is 13.2 Å². The Morgan fingerprint density at radius 2 is 1.89 bits per heavy atom. The summed E-state index contributed by atoms with van der Waals surface area (Å²) in [7, 11) is -3.72. The summed E-state index contributed by atoms with van der Waals surface area (Å²) in [5, 5.41) is 6.12. The minimum Gasteiger partial charge on any atom is -0.348 e. The zero-order valence-corrected chi connectivity index (χ0v) is 16.7. The number of benzene rings is 2. The van der Waals surface area contributed by atoms with Gasteiger partial charge in [0.25, 0.3) is 5.91 Å². The minimum atomic E-state index is -3.72. The maximum absolute atomic E-state index is 12.6. The van der Waals surface area contributed by atoms with Crippen molar-refractivity contribution in [3.05, 3.63) is 76.9 Å². The van der Waals surface area contributed by atoms with E-state index in [4.69, 9.17) is 0 Å². The second-order valence-electron chi connectivity index (χ2n) is 6.79.